The Hall–Kier alpha value is -3.15. The van der Waals surface area contributed by atoms with Gasteiger partial charge in [0.2, 0.25) is 0 Å². The fourth-order valence-electron chi connectivity index (χ4n) is 2.24. The fraction of sp³-hybridized carbons (Fsp3) is 0.211. The van der Waals surface area contributed by atoms with Gasteiger partial charge in [-0.3, -0.25) is 4.79 Å². The number of hydrogen-bond acceptors (Lipinski definition) is 5. The van der Waals surface area contributed by atoms with Crippen molar-refractivity contribution in [2.75, 3.05) is 6.61 Å². The molecule has 0 atom stereocenters. The molecule has 2 aromatic rings. The van der Waals surface area contributed by atoms with E-state index < -0.39 is 12.6 Å². The molecule has 0 bridgehead atoms. The van der Waals surface area contributed by atoms with Gasteiger partial charge in [0.15, 0.2) is 0 Å². The lowest BCUT2D eigenvalue weighted by Gasteiger charge is -2.09. The van der Waals surface area contributed by atoms with E-state index in [1.165, 1.54) is 0 Å². The minimum Gasteiger partial charge on any atom is -0.546 e. The van der Waals surface area contributed by atoms with Crippen LogP contribution in [0.5, 0.6) is 5.75 Å². The normalized spacial score (nSPS) is 11.0. The molecule has 0 saturated heterocycles. The van der Waals surface area contributed by atoms with Gasteiger partial charge < -0.3 is 14.6 Å². The number of ether oxygens (including phenoxy) is 1. The van der Waals surface area contributed by atoms with Crippen LogP contribution in [0.15, 0.2) is 53.6 Å². The Morgan fingerprint density at radius 1 is 1.12 bits per heavy atom. The van der Waals surface area contributed by atoms with Crippen LogP contribution in [-0.2, 0) is 4.79 Å². The zero-order valence-electron chi connectivity index (χ0n) is 14.1. The highest BCUT2D eigenvalue weighted by atomic mass is 16.5. The largest absolute Gasteiger partial charge is 0.546 e. The number of benzene rings is 2. The molecule has 130 valence electrons. The van der Waals surface area contributed by atoms with Crippen molar-refractivity contribution in [1.29, 1.82) is 0 Å². The number of rotatable bonds is 7. The summed E-state index contributed by atoms with van der Waals surface area (Å²) in [6.45, 7) is 3.30. The minimum absolute atomic E-state index is 0.266. The third-order valence-electron chi connectivity index (χ3n) is 3.56. The number of carboxylic acid groups (broad SMARTS) is 1. The SMILES string of the molecule is CC/C(=N/NC(=O)c1ccccc1C)c1ccc(OCC(=O)[O-])cc1. The highest BCUT2D eigenvalue weighted by molar-refractivity contribution is 6.02. The van der Waals surface area contributed by atoms with Crippen LogP contribution in [0.1, 0.15) is 34.8 Å². The first-order valence-electron chi connectivity index (χ1n) is 7.87. The maximum atomic E-state index is 12.2. The lowest BCUT2D eigenvalue weighted by molar-refractivity contribution is -0.307. The van der Waals surface area contributed by atoms with Gasteiger partial charge in [0, 0.05) is 5.56 Å². The number of nitrogens with zero attached hydrogens (tertiary/aromatic N) is 1. The van der Waals surface area contributed by atoms with Crippen LogP contribution < -0.4 is 15.3 Å². The number of carboxylic acids is 1. The van der Waals surface area contributed by atoms with E-state index in [0.717, 1.165) is 11.1 Å². The second-order valence-electron chi connectivity index (χ2n) is 5.35. The molecule has 0 unspecified atom stereocenters. The Kier molecular flexibility index (Phi) is 6.28. The molecule has 0 aliphatic heterocycles. The number of aryl methyl sites for hydroxylation is 1. The van der Waals surface area contributed by atoms with Crippen LogP contribution in [0.4, 0.5) is 0 Å². The second kappa shape index (κ2) is 8.63. The Morgan fingerprint density at radius 3 is 2.40 bits per heavy atom. The molecular weight excluding hydrogens is 320 g/mol. The number of carbonyl (C=O) groups excluding carboxylic acids is 2. The van der Waals surface area contributed by atoms with Crippen LogP contribution in [0, 0.1) is 6.92 Å². The minimum atomic E-state index is -1.28. The summed E-state index contributed by atoms with van der Waals surface area (Å²) >= 11 is 0. The van der Waals surface area contributed by atoms with Gasteiger partial charge in [-0.25, -0.2) is 5.43 Å². The number of amides is 1. The lowest BCUT2D eigenvalue weighted by atomic mass is 10.1. The Morgan fingerprint density at radius 2 is 1.80 bits per heavy atom. The smallest absolute Gasteiger partial charge is 0.271 e. The van der Waals surface area contributed by atoms with Crippen molar-refractivity contribution in [2.24, 2.45) is 5.10 Å². The Labute approximate surface area is 146 Å². The van der Waals surface area contributed by atoms with Crippen molar-refractivity contribution in [1.82, 2.24) is 5.43 Å². The van der Waals surface area contributed by atoms with Gasteiger partial charge in [0.05, 0.1) is 11.7 Å². The number of aliphatic carboxylic acids is 1. The summed E-state index contributed by atoms with van der Waals surface area (Å²) in [5.41, 5.74) is 5.55. The molecule has 0 spiro atoms. The summed E-state index contributed by atoms with van der Waals surface area (Å²) in [5, 5.41) is 14.6. The third-order valence-corrected chi connectivity index (χ3v) is 3.56. The molecule has 6 heteroatoms. The molecule has 0 aliphatic carbocycles. The van der Waals surface area contributed by atoms with Crippen LogP contribution >= 0.6 is 0 Å². The number of nitrogens with one attached hydrogen (secondary N) is 1. The van der Waals surface area contributed by atoms with Gasteiger partial charge in [-0.05, 0) is 54.8 Å². The Balaban J connectivity index is 2.08. The molecule has 2 rings (SSSR count). The van der Waals surface area contributed by atoms with Crippen LogP contribution in [-0.4, -0.2) is 24.2 Å². The Bertz CT molecular complexity index is 782. The van der Waals surface area contributed by atoms with E-state index in [1.807, 2.05) is 26.0 Å². The molecular formula is C19H19N2O4-. The van der Waals surface area contributed by atoms with Crippen LogP contribution in [0.3, 0.4) is 0 Å². The van der Waals surface area contributed by atoms with E-state index >= 15 is 0 Å². The van der Waals surface area contributed by atoms with Gasteiger partial charge in [0.25, 0.3) is 5.91 Å². The van der Waals surface area contributed by atoms with Crippen molar-refractivity contribution in [2.45, 2.75) is 20.3 Å². The average molecular weight is 339 g/mol. The highest BCUT2D eigenvalue weighted by Gasteiger charge is 2.08. The van der Waals surface area contributed by atoms with Gasteiger partial charge in [-0.2, -0.15) is 5.10 Å². The monoisotopic (exact) mass is 339 g/mol. The van der Waals surface area contributed by atoms with Gasteiger partial charge >= 0.3 is 0 Å². The van der Waals surface area contributed by atoms with Crippen molar-refractivity contribution in [3.05, 3.63) is 65.2 Å². The molecule has 0 heterocycles. The van der Waals surface area contributed by atoms with Gasteiger partial charge in [-0.1, -0.05) is 25.1 Å². The maximum Gasteiger partial charge on any atom is 0.271 e. The van der Waals surface area contributed by atoms with Gasteiger partial charge in [-0.15, -0.1) is 0 Å². The van der Waals surface area contributed by atoms with E-state index in [4.69, 9.17) is 4.74 Å². The van der Waals surface area contributed by atoms with E-state index in [1.54, 1.807) is 36.4 Å². The summed E-state index contributed by atoms with van der Waals surface area (Å²) in [5.74, 6) is -1.12. The summed E-state index contributed by atoms with van der Waals surface area (Å²) < 4.78 is 5.03. The molecule has 6 nitrogen and oxygen atoms in total. The zero-order valence-corrected chi connectivity index (χ0v) is 14.1. The van der Waals surface area contributed by atoms with E-state index in [2.05, 4.69) is 10.5 Å². The zero-order chi connectivity index (χ0) is 18.2. The predicted molar refractivity (Wildman–Crippen MR) is 92.4 cm³/mol. The standard InChI is InChI=1S/C19H20N2O4/c1-3-17(14-8-10-15(11-9-14)25-12-18(22)23)20-21-19(24)16-7-5-4-6-13(16)2/h4-11H,3,12H2,1-2H3,(H,21,24)(H,22,23)/p-1/b20-17-. The highest BCUT2D eigenvalue weighted by Crippen LogP contribution is 2.14. The van der Waals surface area contributed by atoms with E-state index in [9.17, 15) is 14.7 Å². The molecule has 0 aromatic heterocycles. The van der Waals surface area contributed by atoms with E-state index in [-0.39, 0.29) is 5.91 Å². The summed E-state index contributed by atoms with van der Waals surface area (Å²) in [4.78, 5) is 22.6. The van der Waals surface area contributed by atoms with Crippen molar-refractivity contribution in [3.8, 4) is 5.75 Å². The lowest BCUT2D eigenvalue weighted by Crippen LogP contribution is -2.28. The van der Waals surface area contributed by atoms with Gasteiger partial charge in [0.1, 0.15) is 12.4 Å². The first-order chi connectivity index (χ1) is 12.0. The second-order valence-corrected chi connectivity index (χ2v) is 5.35. The van der Waals surface area contributed by atoms with Crippen LogP contribution in [0.2, 0.25) is 0 Å². The van der Waals surface area contributed by atoms with Crippen molar-refractivity contribution in [3.63, 3.8) is 0 Å². The summed E-state index contributed by atoms with van der Waals surface area (Å²) in [6.07, 6.45) is 0.618. The maximum absolute atomic E-state index is 12.2. The molecule has 0 saturated carbocycles. The molecule has 2 aromatic carbocycles. The number of hydrazone groups is 1. The first kappa shape index (κ1) is 18.2. The first-order valence-corrected chi connectivity index (χ1v) is 7.87. The molecule has 25 heavy (non-hydrogen) atoms. The van der Waals surface area contributed by atoms with E-state index in [0.29, 0.717) is 23.4 Å². The fourth-order valence-corrected chi connectivity index (χ4v) is 2.24. The molecule has 1 N–H and O–H groups in total. The van der Waals surface area contributed by atoms with Crippen LogP contribution in [0.25, 0.3) is 0 Å². The summed E-state index contributed by atoms with van der Waals surface area (Å²) in [6, 6.07) is 14.1. The van der Waals surface area contributed by atoms with Crippen molar-refractivity contribution >= 4 is 17.6 Å². The molecule has 1 amide bonds. The topological polar surface area (TPSA) is 90.8 Å². The number of hydrogen-bond donors (Lipinski definition) is 1. The third kappa shape index (κ3) is 5.17. The molecule has 0 aliphatic rings. The average Bonchev–Trinajstić information content (AvgIpc) is 2.61. The predicted octanol–water partition coefficient (Wildman–Crippen LogP) is 1.67. The molecule has 0 radical (unpaired) electrons. The summed E-state index contributed by atoms with van der Waals surface area (Å²) in [7, 11) is 0. The molecule has 0 fully saturated rings. The van der Waals surface area contributed by atoms with Crippen molar-refractivity contribution < 1.29 is 19.4 Å². The quantitative estimate of drug-likeness (QED) is 0.613. The number of carbonyl (C=O) groups is 2.